The fraction of sp³-hybridized carbons (Fsp3) is 0.333. The van der Waals surface area contributed by atoms with Gasteiger partial charge in [0.2, 0.25) is 5.88 Å². The minimum atomic E-state index is -0.586. The highest BCUT2D eigenvalue weighted by atomic mass is 16.5. The third-order valence-corrected chi connectivity index (χ3v) is 4.62. The van der Waals surface area contributed by atoms with E-state index >= 15 is 0 Å². The second-order valence-corrected chi connectivity index (χ2v) is 6.77. The van der Waals surface area contributed by atoms with Crippen molar-refractivity contribution in [1.29, 1.82) is 5.26 Å². The van der Waals surface area contributed by atoms with Crippen LogP contribution in [0.5, 0.6) is 5.75 Å². The molecule has 2 heterocycles. The molecule has 0 bridgehead atoms. The zero-order valence-corrected chi connectivity index (χ0v) is 15.2. The molecule has 0 fully saturated rings. The average Bonchev–Trinajstić information content (AvgIpc) is 2.61. The molecule has 1 aliphatic heterocycles. The maximum Gasteiger partial charge on any atom is 0.343 e. The van der Waals surface area contributed by atoms with Crippen molar-refractivity contribution in [2.24, 2.45) is 5.73 Å². The minimum absolute atomic E-state index is 0.0333. The average molecular weight is 350 g/mol. The van der Waals surface area contributed by atoms with Gasteiger partial charge in [-0.25, -0.2) is 4.79 Å². The van der Waals surface area contributed by atoms with E-state index in [0.29, 0.717) is 29.4 Å². The van der Waals surface area contributed by atoms with Crippen molar-refractivity contribution < 1.29 is 9.15 Å². The van der Waals surface area contributed by atoms with Crippen molar-refractivity contribution in [1.82, 2.24) is 0 Å². The lowest BCUT2D eigenvalue weighted by molar-refractivity contribution is 0.367. The minimum Gasteiger partial charge on any atom is -0.440 e. The predicted octanol–water partition coefficient (Wildman–Crippen LogP) is 3.93. The summed E-state index contributed by atoms with van der Waals surface area (Å²) in [4.78, 5) is 12.7. The molecule has 26 heavy (non-hydrogen) atoms. The third kappa shape index (κ3) is 3.11. The molecule has 0 saturated heterocycles. The number of nitriles is 1. The van der Waals surface area contributed by atoms with Crippen molar-refractivity contribution in [2.45, 2.75) is 45.4 Å². The Balaban J connectivity index is 2.17. The van der Waals surface area contributed by atoms with E-state index in [-0.39, 0.29) is 11.5 Å². The molecule has 1 aliphatic rings. The van der Waals surface area contributed by atoms with Crippen LogP contribution in [-0.4, -0.2) is 0 Å². The molecule has 0 aliphatic carbocycles. The van der Waals surface area contributed by atoms with E-state index in [2.05, 4.69) is 19.9 Å². The van der Waals surface area contributed by atoms with Gasteiger partial charge in [0.05, 0.1) is 11.5 Å². The Morgan fingerprint density at radius 3 is 2.54 bits per heavy atom. The molecule has 5 nitrogen and oxygen atoms in total. The van der Waals surface area contributed by atoms with Crippen LogP contribution < -0.4 is 16.1 Å². The number of ether oxygens (including phenoxy) is 1. The summed E-state index contributed by atoms with van der Waals surface area (Å²) in [6.07, 6.45) is 1.48. The van der Waals surface area contributed by atoms with Gasteiger partial charge >= 0.3 is 5.63 Å². The van der Waals surface area contributed by atoms with Gasteiger partial charge in [-0.15, -0.1) is 0 Å². The molecule has 1 atom stereocenters. The Bertz CT molecular complexity index is 947. The maximum absolute atomic E-state index is 12.7. The Kier molecular flexibility index (Phi) is 4.85. The summed E-state index contributed by atoms with van der Waals surface area (Å²) in [5.74, 6) is 0.768. The fourth-order valence-corrected chi connectivity index (χ4v) is 3.23. The highest BCUT2D eigenvalue weighted by molar-refractivity contribution is 5.54. The van der Waals surface area contributed by atoms with Crippen LogP contribution in [0.15, 0.2) is 51.0 Å². The number of fused-ring (bicyclic) bond motifs is 1. The summed E-state index contributed by atoms with van der Waals surface area (Å²) in [5, 5.41) is 9.59. The van der Waals surface area contributed by atoms with Crippen molar-refractivity contribution in [3.05, 3.63) is 74.7 Å². The molecule has 134 valence electrons. The number of nitrogens with two attached hydrogens (primary N) is 1. The highest BCUT2D eigenvalue weighted by Crippen LogP contribution is 2.40. The molecule has 0 spiro atoms. The number of hydrogen-bond acceptors (Lipinski definition) is 5. The van der Waals surface area contributed by atoms with E-state index < -0.39 is 11.5 Å². The summed E-state index contributed by atoms with van der Waals surface area (Å²) in [6, 6.07) is 11.7. The van der Waals surface area contributed by atoms with Gasteiger partial charge in [-0.3, -0.25) is 0 Å². The molecule has 2 N–H and O–H groups in total. The molecule has 0 radical (unpaired) electrons. The normalized spacial score (nSPS) is 16.2. The number of hydrogen-bond donors (Lipinski definition) is 1. The second kappa shape index (κ2) is 7.09. The standard InChI is InChI=1S/C21H22N2O3/c1-4-5-15-10-17-19(21(24)25-15)18(16(11-22)20(23)26-17)14-8-6-13(7-9-14)12(2)3/h6-10,12,18H,4-5,23H2,1-3H3. The Morgan fingerprint density at radius 2 is 1.96 bits per heavy atom. The van der Waals surface area contributed by atoms with Gasteiger partial charge in [-0.2, -0.15) is 5.26 Å². The van der Waals surface area contributed by atoms with Crippen LogP contribution in [0.3, 0.4) is 0 Å². The largest absolute Gasteiger partial charge is 0.440 e. The fourth-order valence-electron chi connectivity index (χ4n) is 3.23. The smallest absolute Gasteiger partial charge is 0.343 e. The Labute approximate surface area is 152 Å². The van der Waals surface area contributed by atoms with Crippen molar-refractivity contribution in [2.75, 3.05) is 0 Å². The molecule has 5 heteroatoms. The summed E-state index contributed by atoms with van der Waals surface area (Å²) < 4.78 is 11.0. The first-order valence-electron chi connectivity index (χ1n) is 8.80. The van der Waals surface area contributed by atoms with Crippen molar-refractivity contribution in [3.8, 4) is 11.8 Å². The molecule has 1 unspecified atom stereocenters. The second-order valence-electron chi connectivity index (χ2n) is 6.77. The number of rotatable bonds is 4. The molecule has 0 saturated carbocycles. The van der Waals surface area contributed by atoms with Gasteiger partial charge in [-0.1, -0.05) is 45.0 Å². The number of allylic oxidation sites excluding steroid dienone is 1. The monoisotopic (exact) mass is 350 g/mol. The van der Waals surface area contributed by atoms with Crippen LogP contribution in [-0.2, 0) is 6.42 Å². The Hall–Kier alpha value is -3.00. The molecule has 2 aromatic rings. The number of aryl methyl sites for hydroxylation is 1. The predicted molar refractivity (Wildman–Crippen MR) is 98.8 cm³/mol. The van der Waals surface area contributed by atoms with E-state index in [9.17, 15) is 10.1 Å². The summed E-state index contributed by atoms with van der Waals surface area (Å²) in [6.45, 7) is 6.23. The van der Waals surface area contributed by atoms with Gasteiger partial charge in [0.15, 0.2) is 0 Å². The first-order chi connectivity index (χ1) is 12.5. The van der Waals surface area contributed by atoms with Crippen LogP contribution in [0.1, 0.15) is 61.5 Å². The van der Waals surface area contributed by atoms with Crippen LogP contribution in [0.4, 0.5) is 0 Å². The van der Waals surface area contributed by atoms with Gasteiger partial charge in [-0.05, 0) is 23.5 Å². The third-order valence-electron chi connectivity index (χ3n) is 4.62. The molecule has 1 aromatic heterocycles. The van der Waals surface area contributed by atoms with E-state index in [1.54, 1.807) is 6.07 Å². The SMILES string of the molecule is CCCc1cc2c(c(=O)o1)C(c1ccc(C(C)C)cc1)C(C#N)=C(N)O2. The maximum atomic E-state index is 12.7. The van der Waals surface area contributed by atoms with Crippen molar-refractivity contribution in [3.63, 3.8) is 0 Å². The quantitative estimate of drug-likeness (QED) is 0.902. The zero-order valence-electron chi connectivity index (χ0n) is 15.2. The van der Waals surface area contributed by atoms with Crippen LogP contribution >= 0.6 is 0 Å². The zero-order chi connectivity index (χ0) is 18.8. The topological polar surface area (TPSA) is 89.2 Å². The summed E-state index contributed by atoms with van der Waals surface area (Å²) in [5.41, 5.74) is 8.05. The molecule has 3 rings (SSSR count). The molecular formula is C21H22N2O3. The van der Waals surface area contributed by atoms with Crippen LogP contribution in [0, 0.1) is 11.3 Å². The lowest BCUT2D eigenvalue weighted by Gasteiger charge is -2.25. The van der Waals surface area contributed by atoms with Crippen LogP contribution in [0.25, 0.3) is 0 Å². The highest BCUT2D eigenvalue weighted by Gasteiger charge is 2.34. The molecular weight excluding hydrogens is 328 g/mol. The number of benzene rings is 1. The van der Waals surface area contributed by atoms with Gasteiger partial charge in [0.1, 0.15) is 23.2 Å². The first-order valence-corrected chi connectivity index (χ1v) is 8.80. The van der Waals surface area contributed by atoms with E-state index in [1.807, 2.05) is 31.2 Å². The lowest BCUT2D eigenvalue weighted by atomic mass is 9.83. The number of nitrogens with zero attached hydrogens (tertiary/aromatic N) is 1. The summed E-state index contributed by atoms with van der Waals surface area (Å²) in [7, 11) is 0. The van der Waals surface area contributed by atoms with Crippen LogP contribution in [0.2, 0.25) is 0 Å². The van der Waals surface area contributed by atoms with Gasteiger partial charge in [0, 0.05) is 12.5 Å². The van der Waals surface area contributed by atoms with Gasteiger partial charge < -0.3 is 14.9 Å². The Morgan fingerprint density at radius 1 is 1.27 bits per heavy atom. The van der Waals surface area contributed by atoms with E-state index in [0.717, 1.165) is 12.0 Å². The summed E-state index contributed by atoms with van der Waals surface area (Å²) >= 11 is 0. The molecule has 0 amide bonds. The van der Waals surface area contributed by atoms with E-state index in [4.69, 9.17) is 14.9 Å². The van der Waals surface area contributed by atoms with Gasteiger partial charge in [0.25, 0.3) is 0 Å². The molecule has 1 aromatic carbocycles. The van der Waals surface area contributed by atoms with Crippen molar-refractivity contribution >= 4 is 0 Å². The lowest BCUT2D eigenvalue weighted by Crippen LogP contribution is -2.26. The first kappa shape index (κ1) is 17.8. The van der Waals surface area contributed by atoms with E-state index in [1.165, 1.54) is 5.56 Å².